The van der Waals surface area contributed by atoms with E-state index in [2.05, 4.69) is 137 Å². The molecule has 0 aliphatic heterocycles. The number of phenolic OH excluding ortho intramolecular Hbond substituents is 1. The van der Waals surface area contributed by atoms with Gasteiger partial charge < -0.3 is 36.9 Å². The van der Waals surface area contributed by atoms with Gasteiger partial charge in [0.05, 0.1) is 63.6 Å². The molecule has 0 aliphatic rings. The molecule has 11 nitrogen and oxygen atoms in total. The zero-order chi connectivity index (χ0) is 116. The van der Waals surface area contributed by atoms with Gasteiger partial charge in [0, 0.05) is 10.0 Å². The number of halogens is 20. The Labute approximate surface area is 918 Å². The first kappa shape index (κ1) is 137. The number of carbonyl (C=O) groups excluding carboxylic acids is 2. The molecular formula is C119H140Cl8F12N4O7. The summed E-state index contributed by atoms with van der Waals surface area (Å²) in [6.07, 6.45) is -14.8. The smallest absolute Gasteiger partial charge is 0.506 e. The number of benzene rings is 12. The number of nitrogens with two attached hydrogens (primary N) is 3. The van der Waals surface area contributed by atoms with Gasteiger partial charge in [-0.05, 0) is 309 Å². The number of carboxylic acids is 1. The van der Waals surface area contributed by atoms with E-state index in [0.29, 0.717) is 102 Å². The van der Waals surface area contributed by atoms with E-state index < -0.39 is 53.8 Å². The molecular weight excluding hydrogens is 2110 g/mol. The number of hydrogen-bond acceptors (Lipinski definition) is 8. The van der Waals surface area contributed by atoms with E-state index in [1.54, 1.807) is 88.4 Å². The van der Waals surface area contributed by atoms with Gasteiger partial charge in [-0.1, -0.05) is 356 Å². The molecule has 12 aromatic rings. The predicted molar refractivity (Wildman–Crippen MR) is 598 cm³/mol. The monoisotopic (exact) mass is 2240 g/mol. The number of nitrogens with zero attached hydrogens (tertiary/aromatic N) is 1. The number of primary amides is 2. The highest BCUT2D eigenvalue weighted by Crippen LogP contribution is 2.41. The van der Waals surface area contributed by atoms with Crippen molar-refractivity contribution in [3.05, 3.63) is 393 Å². The summed E-state index contributed by atoms with van der Waals surface area (Å²) in [4.78, 5) is 32.4. The Morgan fingerprint density at radius 3 is 0.967 bits per heavy atom. The third-order valence-corrected chi connectivity index (χ3v) is 25.1. The zero-order valence-electron chi connectivity index (χ0n) is 89.9. The van der Waals surface area contributed by atoms with E-state index >= 15 is 0 Å². The number of carboxylic acid groups (broad SMARTS) is 1. The summed E-state index contributed by atoms with van der Waals surface area (Å²) < 4.78 is 156. The Bertz CT molecular complexity index is 5740. The van der Waals surface area contributed by atoms with Gasteiger partial charge in [-0.2, -0.15) is 18.4 Å². The highest BCUT2D eigenvalue weighted by Gasteiger charge is 2.40. The fourth-order valence-corrected chi connectivity index (χ4v) is 13.7. The quantitative estimate of drug-likeness (QED) is 0.0433. The Kier molecular flexibility index (Phi) is 60.0. The Balaban J connectivity index is 0.000000820. The maximum atomic E-state index is 13.0. The van der Waals surface area contributed by atoms with Gasteiger partial charge >= 0.3 is 24.9 Å². The van der Waals surface area contributed by atoms with Gasteiger partial charge in [-0.15, -0.1) is 26.3 Å². The SMILES string of the molecule is CC(C)c1ccc(Cl)c(C#N)c1.CC(C)c1ccc(Cl)c(C(=O)O)c1.CC(C)c1ccc(Cl)c(C(N)=O)c1.CC(C)c1ccc(Cl)c(N)c1.CC(C)c1ccc(Cl)c(O)c1.CC(C)c1ccc(Cl)c(OC(F)(F)F)c1.CC(C)c1ccc(F)c(C(N)=O)c1.CC(C)c1ccc(OC(F)(F)F)c(C(F)(F)F)c1.Cc1cc(C(C)C)ccc1Cl.Cc1cc(C(C)C)ccc1F.Cc1ccc(C(C)C)cc1Cl.Cc1ccc(C(C)C)cc1F. The summed E-state index contributed by atoms with van der Waals surface area (Å²) in [5.41, 5.74) is 32.3. The molecule has 0 heterocycles. The number of amides is 2. The van der Waals surface area contributed by atoms with Gasteiger partial charge in [0.1, 0.15) is 40.8 Å². The fraction of sp³-hybridized carbons (Fsp3) is 0.361. The Morgan fingerprint density at radius 1 is 0.293 bits per heavy atom. The Morgan fingerprint density at radius 2 is 0.593 bits per heavy atom. The number of aromatic hydroxyl groups is 1. The van der Waals surface area contributed by atoms with Crippen LogP contribution in [0.25, 0.3) is 0 Å². The number of anilines is 1. The van der Waals surface area contributed by atoms with Crippen molar-refractivity contribution < 1.29 is 86.8 Å². The number of aromatic carboxylic acids is 1. The molecule has 0 spiro atoms. The topological polar surface area (TPSA) is 212 Å². The Hall–Kier alpha value is -10.8. The van der Waals surface area contributed by atoms with Crippen molar-refractivity contribution >= 4 is 116 Å². The summed E-state index contributed by atoms with van der Waals surface area (Å²) in [6.45, 7) is 56.3. The summed E-state index contributed by atoms with van der Waals surface area (Å²) in [7, 11) is 0. The van der Waals surface area contributed by atoms with E-state index in [4.69, 9.17) is 120 Å². The van der Waals surface area contributed by atoms with Crippen LogP contribution in [0.2, 0.25) is 40.2 Å². The van der Waals surface area contributed by atoms with Crippen molar-refractivity contribution in [3.63, 3.8) is 0 Å². The summed E-state index contributed by atoms with van der Waals surface area (Å²) in [5.74, 6) is -0.121. The third kappa shape index (κ3) is 51.1. The maximum absolute atomic E-state index is 13.0. The molecule has 12 rings (SSSR count). The maximum Gasteiger partial charge on any atom is 0.573 e. The van der Waals surface area contributed by atoms with Crippen molar-refractivity contribution in [2.24, 2.45) is 11.5 Å². The molecule has 0 saturated carbocycles. The summed E-state index contributed by atoms with van der Waals surface area (Å²) >= 11 is 46.1. The summed E-state index contributed by atoms with van der Waals surface area (Å²) in [5, 5.41) is 30.7. The lowest BCUT2D eigenvalue weighted by Gasteiger charge is -2.17. The second-order valence-corrected chi connectivity index (χ2v) is 41.8. The van der Waals surface area contributed by atoms with Gasteiger partial charge in [0.25, 0.3) is 5.91 Å². The number of aryl methyl sites for hydroxylation is 4. The van der Waals surface area contributed by atoms with E-state index in [1.165, 1.54) is 58.7 Å². The van der Waals surface area contributed by atoms with E-state index in [1.807, 2.05) is 154 Å². The van der Waals surface area contributed by atoms with Crippen LogP contribution in [-0.2, 0) is 6.18 Å². The third-order valence-electron chi connectivity index (χ3n) is 22.3. The normalized spacial score (nSPS) is 10.9. The van der Waals surface area contributed by atoms with Crippen molar-refractivity contribution in [3.8, 4) is 23.3 Å². The molecule has 31 heteroatoms. The number of ether oxygens (including phenoxy) is 2. The van der Waals surface area contributed by atoms with Gasteiger partial charge in [0.2, 0.25) is 5.91 Å². The molecule has 8 N–H and O–H groups in total. The number of nitriles is 1. The van der Waals surface area contributed by atoms with Crippen LogP contribution in [0, 0.1) is 56.5 Å². The van der Waals surface area contributed by atoms with Gasteiger partial charge in [-0.25, -0.2) is 18.0 Å². The number of hydrogen-bond donors (Lipinski definition) is 5. The van der Waals surface area contributed by atoms with Crippen molar-refractivity contribution in [2.75, 3.05) is 5.73 Å². The lowest BCUT2D eigenvalue weighted by Crippen LogP contribution is -2.20. The molecule has 0 bridgehead atoms. The average Bonchev–Trinajstić information content (AvgIpc) is 0.799. The standard InChI is InChI=1S/C11H10F6O.C10H10ClF3O.C10H12ClNO.C10H10ClN.C10H11ClO2.2C10H13Cl.C10H12FNO.2C10H13F.C9H12ClN.C9H11ClO/c1-6(2)7-3-4-9(18-11(15,16)17)8(5-7)10(12,13)14;1-6(2)7-3-4-8(11)9(5-7)15-10(12,13)14;1-6(2)7-3-4-9(11)8(5-7)10(12)13;1-7(2)8-3-4-10(11)9(5-8)6-12;1-6(2)7-3-4-9(11)8(5-7)10(12)13;1-7(2)9-4-5-10(11)8(3)6-9;1-7(2)9-5-4-8(3)10(11)6-9;1-6(2)7-3-4-9(11)8(5-7)10(12)13;1-7(2)9-4-5-10(11)8(3)6-9;1-7(2)9-5-4-8(3)10(11)6-9;2*1-6(2)7-3-4-8(10)9(11)5-7/h3-6H,1-2H3;3-6H,1-2H3;3-6H,1-2H3,(H2,12,13);3-5,7H,1-2H3;3-6H,1-2H3,(H,12,13);2*4-7H,1-3H3;3-6H,1-2H3,(H2,12,13);2*4-7H,1-3H3;3-6H,11H2,1-2H3;3-6,11H,1-2H3. The molecule has 12 aromatic carbocycles. The second-order valence-electron chi connectivity index (χ2n) is 38.5. The van der Waals surface area contributed by atoms with Crippen molar-refractivity contribution in [2.45, 2.75) is 284 Å². The predicted octanol–water partition coefficient (Wildman–Crippen LogP) is 40.5. The molecule has 0 atom stereocenters. The molecule has 150 heavy (non-hydrogen) atoms. The molecule has 818 valence electrons. The second kappa shape index (κ2) is 65.6. The van der Waals surface area contributed by atoms with Crippen LogP contribution in [0.5, 0.6) is 17.2 Å². The first-order chi connectivity index (χ1) is 69.2. The van der Waals surface area contributed by atoms with Crippen LogP contribution in [0.15, 0.2) is 218 Å². The van der Waals surface area contributed by atoms with Crippen LogP contribution < -0.4 is 26.7 Å². The molecule has 2 amide bonds. The highest BCUT2D eigenvalue weighted by molar-refractivity contribution is 6.35. The number of phenols is 1. The minimum absolute atomic E-state index is 0.0359. The van der Waals surface area contributed by atoms with Crippen LogP contribution >= 0.6 is 92.8 Å². The molecule has 0 aromatic heterocycles. The lowest BCUT2D eigenvalue weighted by atomic mass is 10.00. The number of rotatable bonds is 17. The highest BCUT2D eigenvalue weighted by atomic mass is 35.5. The van der Waals surface area contributed by atoms with Crippen LogP contribution in [0.3, 0.4) is 0 Å². The average molecular weight is 2250 g/mol. The lowest BCUT2D eigenvalue weighted by molar-refractivity contribution is -0.276. The van der Waals surface area contributed by atoms with E-state index in [9.17, 15) is 72.2 Å². The minimum Gasteiger partial charge on any atom is -0.506 e. The van der Waals surface area contributed by atoms with Gasteiger partial charge in [-0.3, -0.25) is 9.59 Å². The summed E-state index contributed by atoms with van der Waals surface area (Å²) in [6, 6.07) is 63.7. The first-order valence-electron chi connectivity index (χ1n) is 48.2. The van der Waals surface area contributed by atoms with Crippen molar-refractivity contribution in [1.29, 1.82) is 5.26 Å². The zero-order valence-corrected chi connectivity index (χ0v) is 95.9. The first-order valence-corrected chi connectivity index (χ1v) is 51.2. The largest absolute Gasteiger partial charge is 0.573 e. The fourth-order valence-electron chi connectivity index (χ4n) is 12.5. The van der Waals surface area contributed by atoms with Crippen LogP contribution in [-0.4, -0.2) is 40.7 Å². The minimum atomic E-state index is -5.15. The number of carbonyl (C=O) groups is 3. The molecule has 0 unspecified atom stereocenters. The van der Waals surface area contributed by atoms with Crippen LogP contribution in [0.4, 0.5) is 58.4 Å². The number of nitrogen functional groups attached to an aromatic ring is 1. The molecule has 0 fully saturated rings. The van der Waals surface area contributed by atoms with Gasteiger partial charge in [0.15, 0.2) is 0 Å². The van der Waals surface area contributed by atoms with Crippen LogP contribution in [0.1, 0.15) is 368 Å². The van der Waals surface area contributed by atoms with E-state index in [-0.39, 0.29) is 67.6 Å². The molecule has 0 aliphatic carbocycles. The molecule has 0 saturated heterocycles. The molecule has 0 radical (unpaired) electrons. The van der Waals surface area contributed by atoms with Crippen molar-refractivity contribution in [1.82, 2.24) is 0 Å². The van der Waals surface area contributed by atoms with E-state index in [0.717, 1.165) is 71.2 Å². The number of alkyl halides is 9.